The first kappa shape index (κ1) is 30.4. The van der Waals surface area contributed by atoms with Gasteiger partial charge in [0, 0.05) is 6.92 Å². The zero-order chi connectivity index (χ0) is 27.6. The van der Waals surface area contributed by atoms with E-state index >= 15 is 0 Å². The molecule has 216 valence electrons. The van der Waals surface area contributed by atoms with Gasteiger partial charge in [0.1, 0.15) is 73.2 Å². The van der Waals surface area contributed by atoms with Gasteiger partial charge in [0.25, 0.3) is 0 Å². The maximum absolute atomic E-state index is 11.8. The van der Waals surface area contributed by atoms with E-state index < -0.39 is 118 Å². The minimum atomic E-state index is -1.84. The molecule has 0 spiro atoms. The third kappa shape index (κ3) is 6.55. The normalized spacial score (nSPS) is 49.0. The lowest BCUT2D eigenvalue weighted by Gasteiger charge is -2.47. The maximum atomic E-state index is 11.8. The number of carbonyl (C=O) groups excluding carboxylic acids is 1. The predicted molar refractivity (Wildman–Crippen MR) is 113 cm³/mol. The highest BCUT2D eigenvalue weighted by atomic mass is 16.7. The summed E-state index contributed by atoms with van der Waals surface area (Å²) in [5.74, 6) is -0.641. The minimum absolute atomic E-state index is 0.564. The number of hydrogen-bond donors (Lipinski definition) is 11. The lowest BCUT2D eigenvalue weighted by Crippen LogP contribution is -2.68. The molecule has 0 bridgehead atoms. The smallest absolute Gasteiger partial charge is 0.217 e. The summed E-state index contributed by atoms with van der Waals surface area (Å²) in [7, 11) is 0. The molecule has 3 aliphatic heterocycles. The average Bonchev–Trinajstić information content (AvgIpc) is 2.86. The molecule has 0 saturated carbocycles. The van der Waals surface area contributed by atoms with Gasteiger partial charge >= 0.3 is 0 Å². The largest absolute Gasteiger partial charge is 0.394 e. The summed E-state index contributed by atoms with van der Waals surface area (Å²) in [4.78, 5) is 11.8. The van der Waals surface area contributed by atoms with Crippen molar-refractivity contribution in [2.45, 2.75) is 99.0 Å². The second-order valence-corrected chi connectivity index (χ2v) is 9.11. The van der Waals surface area contributed by atoms with Crippen molar-refractivity contribution in [2.24, 2.45) is 0 Å². The number of ether oxygens (including phenoxy) is 5. The number of hydrogen-bond acceptors (Lipinski definition) is 16. The first-order valence-electron chi connectivity index (χ1n) is 11.6. The van der Waals surface area contributed by atoms with E-state index in [9.17, 15) is 55.9 Å². The number of amides is 1. The fourth-order valence-electron chi connectivity index (χ4n) is 4.36. The van der Waals surface area contributed by atoms with Crippen LogP contribution in [0.5, 0.6) is 0 Å². The van der Waals surface area contributed by atoms with E-state index in [1.807, 2.05) is 0 Å². The van der Waals surface area contributed by atoms with Gasteiger partial charge in [-0.1, -0.05) is 0 Å². The second kappa shape index (κ2) is 12.8. The summed E-state index contributed by atoms with van der Waals surface area (Å²) >= 11 is 0. The molecule has 17 heteroatoms. The Morgan fingerprint density at radius 3 is 1.86 bits per heavy atom. The van der Waals surface area contributed by atoms with Crippen LogP contribution in [0, 0.1) is 0 Å². The molecule has 3 aliphatic rings. The Balaban J connectivity index is 1.74. The quantitative estimate of drug-likeness (QED) is 0.135. The summed E-state index contributed by atoms with van der Waals surface area (Å²) in [6, 6.07) is -1.38. The van der Waals surface area contributed by atoms with Gasteiger partial charge in [0.05, 0.1) is 19.8 Å². The van der Waals surface area contributed by atoms with E-state index in [2.05, 4.69) is 5.32 Å². The molecule has 17 nitrogen and oxygen atoms in total. The van der Waals surface area contributed by atoms with Gasteiger partial charge in [0.2, 0.25) is 5.91 Å². The Bertz CT molecular complexity index is 745. The van der Waals surface area contributed by atoms with Gasteiger partial charge in [-0.25, -0.2) is 0 Å². The number of aliphatic hydroxyl groups excluding tert-OH is 10. The number of carbonyl (C=O) groups is 1. The van der Waals surface area contributed by atoms with Gasteiger partial charge in [0.15, 0.2) is 18.9 Å². The maximum Gasteiger partial charge on any atom is 0.217 e. The van der Waals surface area contributed by atoms with Crippen LogP contribution in [0.15, 0.2) is 0 Å². The fraction of sp³-hybridized carbons (Fsp3) is 0.950. The van der Waals surface area contributed by atoms with Crippen molar-refractivity contribution in [3.8, 4) is 0 Å². The molecule has 3 fully saturated rings. The molecule has 0 aromatic carbocycles. The summed E-state index contributed by atoms with van der Waals surface area (Å²) in [6.45, 7) is -0.959. The van der Waals surface area contributed by atoms with Crippen LogP contribution in [-0.4, -0.2) is 169 Å². The molecule has 3 saturated heterocycles. The summed E-state index contributed by atoms with van der Waals surface area (Å²) in [5.41, 5.74) is 0. The Hall–Kier alpha value is -1.13. The molecule has 11 N–H and O–H groups in total. The SMILES string of the molecule is CC(=O)N[C@H]1[C@H](OC[C@H]2O[C@@H](O)[C@H](O)[C@@H](O)[C@H]2O)O[C@H](CO)[C@@H](O[C@@H]2O[C@H](CO)[C@H](O)[C@H](O)[C@H]2O)[C@@H]1O. The molecule has 0 radical (unpaired) electrons. The molecule has 0 unspecified atom stereocenters. The molecular formula is C20H35NO16. The second-order valence-electron chi connectivity index (χ2n) is 9.11. The first-order chi connectivity index (χ1) is 17.4. The highest BCUT2D eigenvalue weighted by Crippen LogP contribution is 2.30. The van der Waals surface area contributed by atoms with Crippen molar-refractivity contribution < 1.29 is 79.5 Å². The molecule has 0 aromatic heterocycles. The fourth-order valence-corrected chi connectivity index (χ4v) is 4.36. The zero-order valence-corrected chi connectivity index (χ0v) is 19.7. The molecule has 3 rings (SSSR count). The monoisotopic (exact) mass is 545 g/mol. The van der Waals surface area contributed by atoms with Gasteiger partial charge in [-0.2, -0.15) is 0 Å². The van der Waals surface area contributed by atoms with Gasteiger partial charge in [-0.05, 0) is 0 Å². The van der Waals surface area contributed by atoms with E-state index in [1.165, 1.54) is 0 Å². The standard InChI is InChI=1S/C20H35NO16/c1-5(24)21-9-12(27)17(37-20-16(31)14(29)10(25)6(2-22)35-20)7(3-23)36-19(9)33-4-8-11(26)13(28)15(30)18(32)34-8/h6-20,22-23,25-32H,2-4H2,1H3,(H,21,24)/t6-,7-,8-,9-,10+,11+,12-,13+,14+,15-,16-,17-,18-,19-,20+/m1/s1. The average molecular weight is 545 g/mol. The molecule has 1 amide bonds. The highest BCUT2D eigenvalue weighted by molar-refractivity contribution is 5.73. The van der Waals surface area contributed by atoms with Crippen molar-refractivity contribution in [3.05, 3.63) is 0 Å². The van der Waals surface area contributed by atoms with Crippen molar-refractivity contribution in [1.29, 1.82) is 0 Å². The van der Waals surface area contributed by atoms with Crippen molar-refractivity contribution in [1.82, 2.24) is 5.32 Å². The van der Waals surface area contributed by atoms with Crippen LogP contribution in [0.3, 0.4) is 0 Å². The summed E-state index contributed by atoms with van der Waals surface area (Å²) < 4.78 is 27.0. The van der Waals surface area contributed by atoms with Crippen molar-refractivity contribution in [3.63, 3.8) is 0 Å². The third-order valence-corrected chi connectivity index (χ3v) is 6.47. The van der Waals surface area contributed by atoms with Crippen LogP contribution in [-0.2, 0) is 28.5 Å². The minimum Gasteiger partial charge on any atom is -0.394 e. The molecule has 0 aliphatic carbocycles. The van der Waals surface area contributed by atoms with Crippen LogP contribution < -0.4 is 5.32 Å². The van der Waals surface area contributed by atoms with Crippen molar-refractivity contribution in [2.75, 3.05) is 19.8 Å². The number of rotatable bonds is 8. The molecule has 0 aromatic rings. The van der Waals surface area contributed by atoms with E-state index in [0.717, 1.165) is 6.92 Å². The number of aliphatic hydroxyl groups is 10. The van der Waals surface area contributed by atoms with Gasteiger partial charge in [-0.3, -0.25) is 4.79 Å². The van der Waals surface area contributed by atoms with E-state index in [4.69, 9.17) is 23.7 Å². The molecular weight excluding hydrogens is 510 g/mol. The first-order valence-corrected chi connectivity index (χ1v) is 11.6. The van der Waals surface area contributed by atoms with E-state index in [0.29, 0.717) is 0 Å². The Morgan fingerprint density at radius 1 is 0.703 bits per heavy atom. The van der Waals surface area contributed by atoms with Crippen molar-refractivity contribution >= 4 is 5.91 Å². The number of nitrogens with one attached hydrogen (secondary N) is 1. The van der Waals surface area contributed by atoms with Gasteiger partial charge < -0.3 is 80.1 Å². The van der Waals surface area contributed by atoms with E-state index in [1.54, 1.807) is 0 Å². The summed E-state index contributed by atoms with van der Waals surface area (Å²) in [6.07, 6.45) is -22.7. The topological polar surface area (TPSA) is 278 Å². The van der Waals surface area contributed by atoms with Crippen LogP contribution in [0.4, 0.5) is 0 Å². The highest BCUT2D eigenvalue weighted by Gasteiger charge is 2.52. The van der Waals surface area contributed by atoms with Crippen LogP contribution in [0.1, 0.15) is 6.92 Å². The Labute approximate surface area is 210 Å². The zero-order valence-electron chi connectivity index (χ0n) is 19.7. The Kier molecular flexibility index (Phi) is 10.5. The molecule has 37 heavy (non-hydrogen) atoms. The molecule has 15 atom stereocenters. The van der Waals surface area contributed by atoms with Gasteiger partial charge in [-0.15, -0.1) is 0 Å². The lowest BCUT2D eigenvalue weighted by molar-refractivity contribution is -0.352. The van der Waals surface area contributed by atoms with Crippen LogP contribution in [0.25, 0.3) is 0 Å². The third-order valence-electron chi connectivity index (χ3n) is 6.47. The van der Waals surface area contributed by atoms with Crippen LogP contribution in [0.2, 0.25) is 0 Å². The predicted octanol–water partition coefficient (Wildman–Crippen LogP) is -7.43. The van der Waals surface area contributed by atoms with E-state index in [-0.39, 0.29) is 0 Å². The Morgan fingerprint density at radius 2 is 1.27 bits per heavy atom. The van der Waals surface area contributed by atoms with Crippen LogP contribution >= 0.6 is 0 Å². The lowest BCUT2D eigenvalue weighted by atomic mass is 9.95. The molecule has 3 heterocycles. The summed E-state index contributed by atoms with van der Waals surface area (Å²) in [5, 5.41) is 102.